The Morgan fingerprint density at radius 3 is 2.76 bits per heavy atom. The Morgan fingerprint density at radius 1 is 1.38 bits per heavy atom. The first-order valence-electron chi connectivity index (χ1n) is 6.56. The predicted octanol–water partition coefficient (Wildman–Crippen LogP) is 1.40. The molecule has 1 amide bonds. The van der Waals surface area contributed by atoms with Gasteiger partial charge in [0.25, 0.3) is 0 Å². The third-order valence-corrected chi connectivity index (χ3v) is 3.46. The highest BCUT2D eigenvalue weighted by molar-refractivity contribution is 7.99. The largest absolute Gasteiger partial charge is 0.355 e. The van der Waals surface area contributed by atoms with Crippen molar-refractivity contribution in [2.45, 2.75) is 38.4 Å². The van der Waals surface area contributed by atoms with E-state index < -0.39 is 0 Å². The lowest BCUT2D eigenvalue weighted by atomic mass is 10.1. The van der Waals surface area contributed by atoms with E-state index in [0.29, 0.717) is 10.8 Å². The highest BCUT2D eigenvalue weighted by Crippen LogP contribution is 2.13. The van der Waals surface area contributed by atoms with Crippen LogP contribution in [-0.2, 0) is 4.79 Å². The van der Waals surface area contributed by atoms with Gasteiger partial charge in [-0.1, -0.05) is 17.8 Å². The standard InChI is InChI=1S/C14H18N4O2S/c1-9-6-5-7-18-11(9)15-12(16-13(18)20)21-8-10(19)17-14(2,3)4/h5-7H,8H2,1-4H3,(H,17,19). The molecular formula is C14H18N4O2S. The summed E-state index contributed by atoms with van der Waals surface area (Å²) in [4.78, 5) is 31.9. The maximum Gasteiger partial charge on any atom is 0.355 e. The number of nitrogens with zero attached hydrogens (tertiary/aromatic N) is 3. The summed E-state index contributed by atoms with van der Waals surface area (Å²) >= 11 is 1.16. The van der Waals surface area contributed by atoms with Crippen LogP contribution in [0.1, 0.15) is 26.3 Å². The van der Waals surface area contributed by atoms with E-state index in [1.54, 1.807) is 12.3 Å². The number of thioether (sulfide) groups is 1. The van der Waals surface area contributed by atoms with Crippen LogP contribution in [0.2, 0.25) is 0 Å². The summed E-state index contributed by atoms with van der Waals surface area (Å²) in [5.74, 6) is 0.0692. The van der Waals surface area contributed by atoms with Gasteiger partial charge in [0, 0.05) is 11.7 Å². The first-order chi connectivity index (χ1) is 9.76. The third-order valence-electron chi connectivity index (χ3n) is 2.61. The van der Waals surface area contributed by atoms with E-state index in [9.17, 15) is 9.59 Å². The summed E-state index contributed by atoms with van der Waals surface area (Å²) in [6.45, 7) is 7.62. The lowest BCUT2D eigenvalue weighted by molar-refractivity contribution is -0.119. The number of rotatable bonds is 3. The van der Waals surface area contributed by atoms with Crippen LogP contribution in [0.5, 0.6) is 0 Å². The molecule has 6 nitrogen and oxygen atoms in total. The molecule has 0 aromatic carbocycles. The van der Waals surface area contributed by atoms with Crippen molar-refractivity contribution in [3.63, 3.8) is 0 Å². The van der Waals surface area contributed by atoms with Crippen molar-refractivity contribution in [1.29, 1.82) is 0 Å². The molecule has 2 rings (SSSR count). The van der Waals surface area contributed by atoms with Gasteiger partial charge in [-0.3, -0.25) is 9.20 Å². The average Bonchev–Trinajstić information content (AvgIpc) is 2.36. The number of hydrogen-bond donors (Lipinski definition) is 1. The van der Waals surface area contributed by atoms with Crippen LogP contribution in [-0.4, -0.2) is 31.6 Å². The highest BCUT2D eigenvalue weighted by Gasteiger charge is 2.15. The highest BCUT2D eigenvalue weighted by atomic mass is 32.2. The fraction of sp³-hybridized carbons (Fsp3) is 0.429. The fourth-order valence-corrected chi connectivity index (χ4v) is 2.43. The molecule has 0 aliphatic heterocycles. The topological polar surface area (TPSA) is 76.4 Å². The molecule has 0 bridgehead atoms. The lowest BCUT2D eigenvalue weighted by Gasteiger charge is -2.20. The van der Waals surface area contributed by atoms with Crippen molar-refractivity contribution in [3.05, 3.63) is 34.4 Å². The molecule has 0 atom stereocenters. The number of hydrogen-bond acceptors (Lipinski definition) is 5. The normalized spacial score (nSPS) is 11.6. The Kier molecular flexibility index (Phi) is 4.32. The van der Waals surface area contributed by atoms with Crippen LogP contribution in [0.4, 0.5) is 0 Å². The van der Waals surface area contributed by atoms with Crippen molar-refractivity contribution < 1.29 is 4.79 Å². The number of carbonyl (C=O) groups is 1. The van der Waals surface area contributed by atoms with Crippen molar-refractivity contribution in [2.24, 2.45) is 0 Å². The Hall–Kier alpha value is -1.89. The van der Waals surface area contributed by atoms with Gasteiger partial charge in [0.2, 0.25) is 5.91 Å². The van der Waals surface area contributed by atoms with Gasteiger partial charge in [0.1, 0.15) is 5.65 Å². The summed E-state index contributed by atoms with van der Waals surface area (Å²) in [6, 6.07) is 3.65. The number of nitrogens with one attached hydrogen (secondary N) is 1. The maximum absolute atomic E-state index is 11.9. The zero-order valence-electron chi connectivity index (χ0n) is 12.5. The van der Waals surface area contributed by atoms with E-state index in [1.807, 2.05) is 33.8 Å². The third kappa shape index (κ3) is 4.04. The van der Waals surface area contributed by atoms with Crippen LogP contribution in [0.15, 0.2) is 28.3 Å². The Bertz CT molecular complexity index is 734. The number of aromatic nitrogens is 3. The van der Waals surface area contributed by atoms with Gasteiger partial charge in [-0.25, -0.2) is 9.78 Å². The van der Waals surface area contributed by atoms with Gasteiger partial charge < -0.3 is 5.32 Å². The Labute approximate surface area is 127 Å². The summed E-state index contributed by atoms with van der Waals surface area (Å²) in [6.07, 6.45) is 1.63. The number of fused-ring (bicyclic) bond motifs is 1. The molecule has 2 aromatic heterocycles. The Balaban J connectivity index is 2.19. The zero-order valence-corrected chi connectivity index (χ0v) is 13.3. The second-order valence-corrected chi connectivity index (χ2v) is 6.70. The van der Waals surface area contributed by atoms with Crippen molar-refractivity contribution in [2.75, 3.05) is 5.75 Å². The minimum atomic E-state index is -0.387. The molecule has 0 spiro atoms. The van der Waals surface area contributed by atoms with E-state index >= 15 is 0 Å². The maximum atomic E-state index is 11.9. The van der Waals surface area contributed by atoms with Crippen molar-refractivity contribution in [1.82, 2.24) is 19.7 Å². The smallest absolute Gasteiger partial charge is 0.351 e. The van der Waals surface area contributed by atoms with Gasteiger partial charge in [-0.15, -0.1) is 0 Å². The van der Waals surface area contributed by atoms with Gasteiger partial charge in [0.15, 0.2) is 5.16 Å². The minimum absolute atomic E-state index is 0.110. The number of pyridine rings is 1. The summed E-state index contributed by atoms with van der Waals surface area (Å²) in [5, 5.41) is 3.17. The van der Waals surface area contributed by atoms with Gasteiger partial charge in [0.05, 0.1) is 5.75 Å². The van der Waals surface area contributed by atoms with Gasteiger partial charge in [-0.2, -0.15) is 4.98 Å². The predicted molar refractivity (Wildman–Crippen MR) is 82.6 cm³/mol. The van der Waals surface area contributed by atoms with E-state index in [0.717, 1.165) is 17.3 Å². The first kappa shape index (κ1) is 15.5. The molecule has 7 heteroatoms. The van der Waals surface area contributed by atoms with Crippen LogP contribution < -0.4 is 11.0 Å². The summed E-state index contributed by atoms with van der Waals surface area (Å²) in [5.41, 5.74) is 0.787. The molecule has 2 aromatic rings. The fourth-order valence-electron chi connectivity index (χ4n) is 1.81. The molecule has 21 heavy (non-hydrogen) atoms. The van der Waals surface area contributed by atoms with E-state index in [2.05, 4.69) is 15.3 Å². The number of carbonyl (C=O) groups excluding carboxylic acids is 1. The summed E-state index contributed by atoms with van der Waals surface area (Å²) < 4.78 is 1.40. The molecule has 1 N–H and O–H groups in total. The Morgan fingerprint density at radius 2 is 2.10 bits per heavy atom. The molecular weight excluding hydrogens is 288 g/mol. The minimum Gasteiger partial charge on any atom is -0.351 e. The quantitative estimate of drug-likeness (QED) is 0.868. The lowest BCUT2D eigenvalue weighted by Crippen LogP contribution is -2.41. The molecule has 0 aliphatic rings. The average molecular weight is 306 g/mol. The molecule has 112 valence electrons. The number of aryl methyl sites for hydroxylation is 1. The van der Waals surface area contributed by atoms with Crippen LogP contribution in [0, 0.1) is 6.92 Å². The molecule has 2 heterocycles. The van der Waals surface area contributed by atoms with Crippen LogP contribution in [0.25, 0.3) is 5.65 Å². The first-order valence-corrected chi connectivity index (χ1v) is 7.55. The van der Waals surface area contributed by atoms with Gasteiger partial charge >= 0.3 is 5.69 Å². The molecule has 0 saturated heterocycles. The van der Waals surface area contributed by atoms with Gasteiger partial charge in [-0.05, 0) is 39.3 Å². The number of amides is 1. The van der Waals surface area contributed by atoms with E-state index in [1.165, 1.54) is 4.40 Å². The van der Waals surface area contributed by atoms with Crippen molar-refractivity contribution >= 4 is 23.3 Å². The SMILES string of the molecule is Cc1cccn2c(=O)nc(SCC(=O)NC(C)(C)C)nc12. The van der Waals surface area contributed by atoms with Crippen LogP contribution in [0.3, 0.4) is 0 Å². The molecule has 0 unspecified atom stereocenters. The zero-order chi connectivity index (χ0) is 15.6. The van der Waals surface area contributed by atoms with E-state index in [4.69, 9.17) is 0 Å². The molecule has 0 saturated carbocycles. The summed E-state index contributed by atoms with van der Waals surface area (Å²) in [7, 11) is 0. The monoisotopic (exact) mass is 306 g/mol. The second-order valence-electron chi connectivity index (χ2n) is 5.76. The molecule has 0 fully saturated rings. The van der Waals surface area contributed by atoms with E-state index in [-0.39, 0.29) is 22.9 Å². The van der Waals surface area contributed by atoms with Crippen molar-refractivity contribution in [3.8, 4) is 0 Å². The molecule has 0 aliphatic carbocycles. The second kappa shape index (κ2) is 5.85. The van der Waals surface area contributed by atoms with Crippen LogP contribution >= 0.6 is 11.8 Å². The molecule has 0 radical (unpaired) electrons.